The van der Waals surface area contributed by atoms with Crippen molar-refractivity contribution < 1.29 is 35.9 Å². The number of nitrogens with one attached hydrogen (secondary N) is 2. The summed E-state index contributed by atoms with van der Waals surface area (Å²) in [5.41, 5.74) is 2.73. The summed E-state index contributed by atoms with van der Waals surface area (Å²) in [4.78, 5) is 24.4. The van der Waals surface area contributed by atoms with Crippen molar-refractivity contribution in [3.63, 3.8) is 0 Å². The van der Waals surface area contributed by atoms with Crippen molar-refractivity contribution in [2.75, 3.05) is 29.0 Å². The quantitative estimate of drug-likeness (QED) is 0.262. The maximum absolute atomic E-state index is 13.1. The summed E-state index contributed by atoms with van der Waals surface area (Å²) in [5.74, 6) is -0.858. The summed E-state index contributed by atoms with van der Waals surface area (Å²) >= 11 is 5.94. The first-order valence-electron chi connectivity index (χ1n) is 11.5. The van der Waals surface area contributed by atoms with Crippen LogP contribution in [0.15, 0.2) is 71.8 Å². The molecule has 9 nitrogen and oxygen atoms in total. The molecule has 0 aliphatic heterocycles. The summed E-state index contributed by atoms with van der Waals surface area (Å²) < 4.78 is 69.7. The molecule has 212 valence electrons. The van der Waals surface area contributed by atoms with Gasteiger partial charge in [0.15, 0.2) is 6.61 Å². The molecule has 0 unspecified atom stereocenters. The molecule has 0 spiro atoms. The van der Waals surface area contributed by atoms with E-state index in [9.17, 15) is 31.2 Å². The van der Waals surface area contributed by atoms with Gasteiger partial charge in [0.2, 0.25) is 10.0 Å². The Morgan fingerprint density at radius 2 is 1.68 bits per heavy atom. The summed E-state index contributed by atoms with van der Waals surface area (Å²) in [7, 11) is -4.18. The molecular weight excluding hydrogens is 573 g/mol. The highest BCUT2D eigenvalue weighted by atomic mass is 35.5. The minimum atomic E-state index is -4.75. The molecule has 14 heteroatoms. The molecule has 0 radical (unpaired) electrons. The van der Waals surface area contributed by atoms with Gasteiger partial charge < -0.3 is 10.1 Å². The van der Waals surface area contributed by atoms with Crippen LogP contribution in [0.25, 0.3) is 0 Å². The van der Waals surface area contributed by atoms with E-state index in [0.29, 0.717) is 33.4 Å². The largest absolute Gasteiger partial charge is 0.484 e. The Kier molecular flexibility index (Phi) is 9.77. The molecular formula is C26H24ClF3N4O5S. The van der Waals surface area contributed by atoms with Gasteiger partial charge in [-0.1, -0.05) is 29.3 Å². The van der Waals surface area contributed by atoms with Gasteiger partial charge in [-0.25, -0.2) is 13.8 Å². The lowest BCUT2D eigenvalue weighted by atomic mass is 10.2. The Morgan fingerprint density at radius 1 is 1.02 bits per heavy atom. The molecule has 40 heavy (non-hydrogen) atoms. The van der Waals surface area contributed by atoms with Crippen LogP contribution >= 0.6 is 11.6 Å². The number of nitrogens with zero attached hydrogens (tertiary/aromatic N) is 2. The van der Waals surface area contributed by atoms with E-state index in [1.807, 2.05) is 19.1 Å². The molecule has 0 atom stereocenters. The van der Waals surface area contributed by atoms with E-state index in [1.165, 1.54) is 6.21 Å². The number of sulfonamides is 1. The van der Waals surface area contributed by atoms with Crippen LogP contribution in [0.4, 0.5) is 24.5 Å². The zero-order valence-corrected chi connectivity index (χ0v) is 22.8. The highest BCUT2D eigenvalue weighted by molar-refractivity contribution is 7.92. The first kappa shape index (κ1) is 30.4. The van der Waals surface area contributed by atoms with Crippen molar-refractivity contribution in [2.45, 2.75) is 13.1 Å². The first-order valence-corrected chi connectivity index (χ1v) is 13.7. The lowest BCUT2D eigenvalue weighted by Crippen LogP contribution is -2.39. The molecule has 3 aromatic carbocycles. The molecule has 3 rings (SSSR count). The Morgan fingerprint density at radius 3 is 2.27 bits per heavy atom. The fourth-order valence-corrected chi connectivity index (χ4v) is 4.37. The van der Waals surface area contributed by atoms with E-state index in [4.69, 9.17) is 16.3 Å². The van der Waals surface area contributed by atoms with E-state index in [1.54, 1.807) is 36.4 Å². The van der Waals surface area contributed by atoms with Crippen LogP contribution in [-0.4, -0.2) is 45.9 Å². The fraction of sp³-hybridized carbons (Fsp3) is 0.192. The number of hydrogen-bond donors (Lipinski definition) is 2. The van der Waals surface area contributed by atoms with Gasteiger partial charge >= 0.3 is 6.18 Å². The van der Waals surface area contributed by atoms with Crippen molar-refractivity contribution in [1.29, 1.82) is 0 Å². The Balaban J connectivity index is 1.56. The van der Waals surface area contributed by atoms with Gasteiger partial charge in [0.25, 0.3) is 11.8 Å². The van der Waals surface area contributed by atoms with Crippen LogP contribution in [0.2, 0.25) is 5.02 Å². The van der Waals surface area contributed by atoms with Crippen molar-refractivity contribution in [1.82, 2.24) is 5.43 Å². The molecule has 0 aliphatic carbocycles. The Bertz CT molecular complexity index is 1500. The smallest absolute Gasteiger partial charge is 0.416 e. The number of halogens is 4. The lowest BCUT2D eigenvalue weighted by molar-refractivity contribution is -0.137. The molecule has 0 heterocycles. The summed E-state index contributed by atoms with van der Waals surface area (Å²) in [6, 6.07) is 15.8. The van der Waals surface area contributed by atoms with Crippen molar-refractivity contribution >= 4 is 51.0 Å². The minimum absolute atomic E-state index is 0.218. The predicted molar refractivity (Wildman–Crippen MR) is 146 cm³/mol. The maximum atomic E-state index is 13.1. The maximum Gasteiger partial charge on any atom is 0.416 e. The summed E-state index contributed by atoms with van der Waals surface area (Å²) in [6.07, 6.45) is -2.76. The third-order valence-electron chi connectivity index (χ3n) is 5.22. The second kappa shape index (κ2) is 12.8. The van der Waals surface area contributed by atoms with Crippen LogP contribution in [0.5, 0.6) is 5.75 Å². The Labute approximate surface area is 233 Å². The standard InChI is InChI=1S/C26H24ClF3N4O5S/c1-17-3-8-20(9-4-17)32-25(36)16-39-21-10-5-18(6-11-21)14-31-33-24(35)15-34(40(2,37)38)23-13-19(26(28,29)30)7-12-22(23)27/h3-14H,15-16H2,1-2H3,(H,32,36)(H,33,35)/b31-14+. The number of hydrogen-bond acceptors (Lipinski definition) is 6. The minimum Gasteiger partial charge on any atom is -0.484 e. The monoisotopic (exact) mass is 596 g/mol. The number of benzene rings is 3. The molecule has 0 aromatic heterocycles. The highest BCUT2D eigenvalue weighted by Crippen LogP contribution is 2.36. The van der Waals surface area contributed by atoms with Crippen LogP contribution < -0.4 is 19.8 Å². The Hall–Kier alpha value is -4.10. The first-order chi connectivity index (χ1) is 18.7. The number of alkyl halides is 3. The van der Waals surface area contributed by atoms with E-state index >= 15 is 0 Å². The van der Waals surface area contributed by atoms with Gasteiger partial charge in [-0.2, -0.15) is 18.3 Å². The van der Waals surface area contributed by atoms with Crippen molar-refractivity contribution in [3.8, 4) is 5.75 Å². The third-order valence-corrected chi connectivity index (χ3v) is 6.66. The fourth-order valence-electron chi connectivity index (χ4n) is 3.24. The number of anilines is 2. The van der Waals surface area contributed by atoms with Crippen molar-refractivity contribution in [3.05, 3.63) is 88.4 Å². The molecule has 0 saturated heterocycles. The van der Waals surface area contributed by atoms with E-state index < -0.39 is 39.9 Å². The average molecular weight is 597 g/mol. The van der Waals surface area contributed by atoms with Crippen molar-refractivity contribution in [2.24, 2.45) is 5.10 Å². The number of carbonyl (C=O) groups excluding carboxylic acids is 2. The number of hydrazone groups is 1. The van der Waals surface area contributed by atoms with E-state index in [-0.39, 0.29) is 17.5 Å². The molecule has 2 N–H and O–H groups in total. The lowest BCUT2D eigenvalue weighted by Gasteiger charge is -2.23. The van der Waals surface area contributed by atoms with E-state index in [0.717, 1.165) is 17.9 Å². The van der Waals surface area contributed by atoms with Crippen LogP contribution in [0, 0.1) is 6.92 Å². The molecule has 0 bridgehead atoms. The highest BCUT2D eigenvalue weighted by Gasteiger charge is 2.33. The van der Waals surface area contributed by atoms with Gasteiger partial charge in [-0.05, 0) is 67.1 Å². The molecule has 3 aromatic rings. The summed E-state index contributed by atoms with van der Waals surface area (Å²) in [5, 5.41) is 6.17. The van der Waals surface area contributed by atoms with Gasteiger partial charge in [0.1, 0.15) is 12.3 Å². The topological polar surface area (TPSA) is 117 Å². The zero-order chi connectivity index (χ0) is 29.5. The van der Waals surface area contributed by atoms with Gasteiger partial charge in [0.05, 0.1) is 28.7 Å². The number of amides is 2. The van der Waals surface area contributed by atoms with E-state index in [2.05, 4.69) is 15.8 Å². The van der Waals surface area contributed by atoms with Gasteiger partial charge in [-0.15, -0.1) is 0 Å². The molecule has 0 saturated carbocycles. The number of carbonyl (C=O) groups is 2. The zero-order valence-electron chi connectivity index (χ0n) is 21.2. The molecule has 0 aliphatic rings. The third kappa shape index (κ3) is 8.99. The normalized spacial score (nSPS) is 11.8. The van der Waals surface area contributed by atoms with Crippen LogP contribution in [-0.2, 0) is 25.8 Å². The second-order valence-corrected chi connectivity index (χ2v) is 10.8. The number of ether oxygens (including phenoxy) is 1. The predicted octanol–water partition coefficient (Wildman–Crippen LogP) is 4.60. The van der Waals surface area contributed by atoms with Crippen LogP contribution in [0.3, 0.4) is 0 Å². The van der Waals surface area contributed by atoms with Crippen LogP contribution in [0.1, 0.15) is 16.7 Å². The number of aryl methyl sites for hydroxylation is 1. The number of rotatable bonds is 10. The SMILES string of the molecule is Cc1ccc(NC(=O)COc2ccc(/C=N/NC(=O)CN(c3cc(C(F)(F)F)ccc3Cl)S(C)(=O)=O)cc2)cc1. The second-order valence-electron chi connectivity index (χ2n) is 8.50. The average Bonchev–Trinajstić information content (AvgIpc) is 2.87. The molecule has 0 fully saturated rings. The molecule has 2 amide bonds. The summed E-state index contributed by atoms with van der Waals surface area (Å²) in [6.45, 7) is 0.850. The van der Waals surface area contributed by atoms with Gasteiger partial charge in [-0.3, -0.25) is 13.9 Å². The van der Waals surface area contributed by atoms with Gasteiger partial charge in [0, 0.05) is 5.69 Å².